The van der Waals surface area contributed by atoms with Crippen molar-refractivity contribution in [2.45, 2.75) is 10.1 Å². The summed E-state index contributed by atoms with van der Waals surface area (Å²) in [7, 11) is -3.49. The molecule has 3 aromatic rings. The summed E-state index contributed by atoms with van der Waals surface area (Å²) < 4.78 is 26.0. The van der Waals surface area contributed by atoms with E-state index in [1.165, 1.54) is 0 Å². The first-order valence-electron chi connectivity index (χ1n) is 7.04. The van der Waals surface area contributed by atoms with E-state index in [1.807, 2.05) is 18.2 Å². The lowest BCUT2D eigenvalue weighted by molar-refractivity contribution is 0.594. The van der Waals surface area contributed by atoms with Crippen LogP contribution in [0.3, 0.4) is 0 Å². The van der Waals surface area contributed by atoms with Crippen LogP contribution in [0.5, 0.6) is 0 Å². The number of thiazole rings is 1. The highest BCUT2D eigenvalue weighted by Crippen LogP contribution is 2.30. The van der Waals surface area contributed by atoms with Crippen LogP contribution < -0.4 is 5.73 Å². The molecule has 0 aliphatic carbocycles. The van der Waals surface area contributed by atoms with Crippen LogP contribution in [0.1, 0.15) is 5.56 Å². The first-order valence-corrected chi connectivity index (χ1v) is 10.0. The van der Waals surface area contributed by atoms with Gasteiger partial charge in [-0.1, -0.05) is 30.3 Å². The highest BCUT2D eigenvalue weighted by atomic mass is 35.5. The van der Waals surface area contributed by atoms with E-state index in [0.29, 0.717) is 17.0 Å². The number of aromatic nitrogens is 1. The second kappa shape index (κ2) is 6.88. The summed E-state index contributed by atoms with van der Waals surface area (Å²) >= 11 is 6.75. The van der Waals surface area contributed by atoms with E-state index >= 15 is 0 Å². The summed E-state index contributed by atoms with van der Waals surface area (Å²) in [6.45, 7) is 0. The van der Waals surface area contributed by atoms with Crippen LogP contribution in [0.25, 0.3) is 10.2 Å². The normalized spacial score (nSPS) is 12.6. The summed E-state index contributed by atoms with van der Waals surface area (Å²) in [4.78, 5) is 8.40. The van der Waals surface area contributed by atoms with Crippen molar-refractivity contribution < 1.29 is 8.42 Å². The van der Waals surface area contributed by atoms with Gasteiger partial charge in [-0.2, -0.15) is 0 Å². The highest BCUT2D eigenvalue weighted by Gasteiger charge is 2.20. The van der Waals surface area contributed by atoms with E-state index in [0.717, 1.165) is 21.6 Å². The van der Waals surface area contributed by atoms with Gasteiger partial charge in [0.05, 0.1) is 27.5 Å². The van der Waals surface area contributed by atoms with Crippen molar-refractivity contribution >= 4 is 54.5 Å². The van der Waals surface area contributed by atoms with Crippen LogP contribution in [0.4, 0.5) is 5.69 Å². The zero-order valence-corrected chi connectivity index (χ0v) is 14.9. The zero-order valence-electron chi connectivity index (χ0n) is 12.5. The minimum absolute atomic E-state index is 0.0716. The Labute approximate surface area is 148 Å². The fourth-order valence-corrected chi connectivity index (χ4v) is 4.88. The summed E-state index contributed by atoms with van der Waals surface area (Å²) in [6, 6.07) is 14.3. The Balaban J connectivity index is 1.95. The molecule has 0 unspecified atom stereocenters. The van der Waals surface area contributed by atoms with E-state index < -0.39 is 9.84 Å². The Morgan fingerprint density at radius 2 is 1.96 bits per heavy atom. The molecule has 5 nitrogen and oxygen atoms in total. The fourth-order valence-electron chi connectivity index (χ4n) is 2.15. The molecule has 0 fully saturated rings. The largest absolute Gasteiger partial charge is 0.386 e. The van der Waals surface area contributed by atoms with Crippen molar-refractivity contribution in [2.24, 2.45) is 10.7 Å². The Morgan fingerprint density at radius 1 is 1.21 bits per heavy atom. The van der Waals surface area contributed by atoms with Crippen LogP contribution in [-0.2, 0) is 15.6 Å². The third-order valence-corrected chi connectivity index (χ3v) is 6.66. The molecule has 8 heteroatoms. The second-order valence-corrected chi connectivity index (χ2v) is 8.57. The number of nitrogens with zero attached hydrogens (tertiary/aromatic N) is 2. The maximum Gasteiger partial charge on any atom is 0.210 e. The van der Waals surface area contributed by atoms with E-state index in [-0.39, 0.29) is 16.0 Å². The van der Waals surface area contributed by atoms with Gasteiger partial charge in [0, 0.05) is 0 Å². The molecular weight excluding hydrogens is 366 g/mol. The Morgan fingerprint density at radius 3 is 2.67 bits per heavy atom. The summed E-state index contributed by atoms with van der Waals surface area (Å²) in [5.41, 5.74) is 7.59. The van der Waals surface area contributed by atoms with Crippen LogP contribution in [0.2, 0.25) is 0 Å². The average Bonchev–Trinajstić information content (AvgIpc) is 2.99. The van der Waals surface area contributed by atoms with Gasteiger partial charge in [-0.05, 0) is 23.8 Å². The van der Waals surface area contributed by atoms with Crippen LogP contribution >= 0.6 is 22.9 Å². The molecule has 0 atom stereocenters. The smallest absolute Gasteiger partial charge is 0.210 e. The van der Waals surface area contributed by atoms with Gasteiger partial charge in [-0.3, -0.25) is 0 Å². The van der Waals surface area contributed by atoms with E-state index in [4.69, 9.17) is 17.3 Å². The molecule has 2 N–H and O–H groups in total. The zero-order chi connectivity index (χ0) is 17.2. The lowest BCUT2D eigenvalue weighted by atomic mass is 10.2. The molecule has 124 valence electrons. The molecule has 1 aromatic heterocycles. The number of sulfone groups is 1. The number of halogens is 1. The topological polar surface area (TPSA) is 85.4 Å². The number of hydrogen-bond donors (Lipinski definition) is 1. The first kappa shape index (κ1) is 16.9. The Kier molecular flexibility index (Phi) is 4.84. The SMILES string of the molecule is NC(CCl)=Nc1ccc2nc(S(=O)(=O)Cc3ccccc3)sc2c1. The van der Waals surface area contributed by atoms with Gasteiger partial charge in [-0.15, -0.1) is 22.9 Å². The molecule has 0 saturated carbocycles. The van der Waals surface area contributed by atoms with Crippen LogP contribution in [-0.4, -0.2) is 25.1 Å². The molecule has 0 amide bonds. The maximum atomic E-state index is 12.6. The molecule has 0 radical (unpaired) electrons. The standard InChI is InChI=1S/C16H14ClN3O2S2/c17-9-15(18)19-12-6-7-13-14(8-12)23-16(20-13)24(21,22)10-11-4-2-1-3-5-11/h1-8H,9-10H2,(H2,18,19). The van der Waals surface area contributed by atoms with Crippen LogP contribution in [0.15, 0.2) is 57.9 Å². The van der Waals surface area contributed by atoms with Gasteiger partial charge < -0.3 is 5.73 Å². The van der Waals surface area contributed by atoms with E-state index in [9.17, 15) is 8.42 Å². The number of hydrogen-bond acceptors (Lipinski definition) is 5. The molecule has 3 rings (SSSR count). The van der Waals surface area contributed by atoms with Gasteiger partial charge >= 0.3 is 0 Å². The minimum Gasteiger partial charge on any atom is -0.386 e. The van der Waals surface area contributed by atoms with Gasteiger partial charge in [0.2, 0.25) is 14.2 Å². The molecule has 24 heavy (non-hydrogen) atoms. The molecule has 0 aliphatic heterocycles. The van der Waals surface area contributed by atoms with Crippen molar-refractivity contribution in [3.05, 3.63) is 54.1 Å². The first-order chi connectivity index (χ1) is 11.5. The van der Waals surface area contributed by atoms with Crippen LogP contribution in [0, 0.1) is 0 Å². The third-order valence-electron chi connectivity index (χ3n) is 3.23. The third kappa shape index (κ3) is 3.75. The average molecular weight is 380 g/mol. The quantitative estimate of drug-likeness (QED) is 0.417. The number of benzene rings is 2. The lowest BCUT2D eigenvalue weighted by Gasteiger charge is -2.00. The number of rotatable bonds is 5. The summed E-state index contributed by atoms with van der Waals surface area (Å²) in [5, 5.41) is 0. The molecule has 0 saturated heterocycles. The van der Waals surface area contributed by atoms with Crippen molar-refractivity contribution in [1.29, 1.82) is 0 Å². The van der Waals surface area contributed by atoms with Crippen molar-refractivity contribution in [1.82, 2.24) is 4.98 Å². The maximum absolute atomic E-state index is 12.6. The fraction of sp³-hybridized carbons (Fsp3) is 0.125. The molecule has 0 aliphatic rings. The lowest BCUT2D eigenvalue weighted by Crippen LogP contribution is -2.12. The second-order valence-electron chi connectivity index (χ2n) is 5.11. The molecule has 0 spiro atoms. The number of nitrogens with two attached hydrogens (primary N) is 1. The van der Waals surface area contributed by atoms with Gasteiger partial charge in [-0.25, -0.2) is 18.4 Å². The van der Waals surface area contributed by atoms with Gasteiger partial charge in [0.15, 0.2) is 0 Å². The highest BCUT2D eigenvalue weighted by molar-refractivity contribution is 7.92. The van der Waals surface area contributed by atoms with Gasteiger partial charge in [0.1, 0.15) is 5.84 Å². The van der Waals surface area contributed by atoms with Crippen molar-refractivity contribution in [3.8, 4) is 0 Å². The van der Waals surface area contributed by atoms with E-state index in [1.54, 1.807) is 30.3 Å². The molecule has 2 aromatic carbocycles. The Hall–Kier alpha value is -1.96. The molecular formula is C16H14ClN3O2S2. The number of aliphatic imine (C=N–C) groups is 1. The monoisotopic (exact) mass is 379 g/mol. The minimum atomic E-state index is -3.49. The van der Waals surface area contributed by atoms with Crippen molar-refractivity contribution in [2.75, 3.05) is 5.88 Å². The van der Waals surface area contributed by atoms with Gasteiger partial charge in [0.25, 0.3) is 0 Å². The number of fused-ring (bicyclic) bond motifs is 1. The number of alkyl halides is 1. The summed E-state index contributed by atoms with van der Waals surface area (Å²) in [6.07, 6.45) is 0. The molecule has 0 bridgehead atoms. The summed E-state index contributed by atoms with van der Waals surface area (Å²) in [5.74, 6) is 0.368. The molecule has 1 heterocycles. The predicted molar refractivity (Wildman–Crippen MR) is 99.0 cm³/mol. The Bertz CT molecular complexity index is 999. The van der Waals surface area contributed by atoms with Crippen molar-refractivity contribution in [3.63, 3.8) is 0 Å². The van der Waals surface area contributed by atoms with E-state index in [2.05, 4.69) is 9.98 Å². The predicted octanol–water partition coefficient (Wildman–Crippen LogP) is 3.50. The number of amidine groups is 1.